The zero-order valence-corrected chi connectivity index (χ0v) is 18.7. The van der Waals surface area contributed by atoms with E-state index in [0.29, 0.717) is 23.4 Å². The van der Waals surface area contributed by atoms with Gasteiger partial charge in [0.15, 0.2) is 11.6 Å². The minimum atomic E-state index is -4.69. The first-order chi connectivity index (χ1) is 17.1. The number of benzene rings is 1. The molecule has 1 saturated carbocycles. The number of alkyl halides is 3. The number of nitrogens with two attached hydrogens (primary N) is 1. The van der Waals surface area contributed by atoms with Crippen molar-refractivity contribution in [2.45, 2.75) is 32.0 Å². The maximum absolute atomic E-state index is 14.0. The smallest absolute Gasteiger partial charge is 0.382 e. The van der Waals surface area contributed by atoms with Gasteiger partial charge in [0.05, 0.1) is 11.9 Å². The van der Waals surface area contributed by atoms with E-state index in [4.69, 9.17) is 15.7 Å². The van der Waals surface area contributed by atoms with Crippen LogP contribution in [0.5, 0.6) is 0 Å². The second kappa shape index (κ2) is 9.76. The Hall–Kier alpha value is -4.29. The highest BCUT2D eigenvalue weighted by Crippen LogP contribution is 2.53. The average molecular weight is 503 g/mol. The molecular weight excluding hydrogens is 482 g/mol. The van der Waals surface area contributed by atoms with Gasteiger partial charge in [0, 0.05) is 18.2 Å². The Labute approximate surface area is 202 Å². The topological polar surface area (TPSA) is 143 Å². The molecule has 2 heterocycles. The first-order valence-electron chi connectivity index (χ1n) is 10.8. The third-order valence-corrected chi connectivity index (χ3v) is 5.92. The lowest BCUT2D eigenvalue weighted by Crippen LogP contribution is -2.52. The number of hydrogen-bond acceptors (Lipinski definition) is 8. The molecule has 0 spiro atoms. The summed E-state index contributed by atoms with van der Waals surface area (Å²) in [4.78, 5) is 20.3. The lowest BCUT2D eigenvalue weighted by Gasteiger charge is -2.41. The van der Waals surface area contributed by atoms with Gasteiger partial charge in [-0.1, -0.05) is 29.8 Å². The van der Waals surface area contributed by atoms with Crippen molar-refractivity contribution in [1.29, 1.82) is 5.41 Å². The van der Waals surface area contributed by atoms with E-state index in [1.54, 1.807) is 18.2 Å². The van der Waals surface area contributed by atoms with Gasteiger partial charge in [-0.25, -0.2) is 14.4 Å². The number of allylic oxidation sites excluding steroid dienone is 1. The molecule has 2 aromatic heterocycles. The van der Waals surface area contributed by atoms with Crippen molar-refractivity contribution in [3.8, 4) is 0 Å². The van der Waals surface area contributed by atoms with Crippen molar-refractivity contribution in [2.24, 2.45) is 5.41 Å². The van der Waals surface area contributed by atoms with E-state index in [9.17, 15) is 22.4 Å². The number of nitrogens with zero attached hydrogens (tertiary/aromatic N) is 3. The molecule has 1 aliphatic rings. The highest BCUT2D eigenvalue weighted by Gasteiger charge is 2.63. The first-order valence-corrected chi connectivity index (χ1v) is 10.8. The van der Waals surface area contributed by atoms with E-state index in [2.05, 4.69) is 25.8 Å². The molecule has 0 radical (unpaired) electrons. The molecule has 3 aromatic rings. The minimum absolute atomic E-state index is 0.0770. The Morgan fingerprint density at radius 3 is 2.58 bits per heavy atom. The summed E-state index contributed by atoms with van der Waals surface area (Å²) in [7, 11) is 0. The number of amides is 1. The van der Waals surface area contributed by atoms with Crippen LogP contribution in [0.25, 0.3) is 5.70 Å². The molecule has 1 aliphatic carbocycles. The normalized spacial score (nSPS) is 15.2. The number of rotatable bonds is 8. The van der Waals surface area contributed by atoms with Crippen LogP contribution in [0.2, 0.25) is 0 Å². The molecule has 9 nitrogen and oxygen atoms in total. The number of hydrogen-bond donors (Lipinski definition) is 4. The summed E-state index contributed by atoms with van der Waals surface area (Å²) in [5.74, 6) is -2.09. The van der Waals surface area contributed by atoms with Gasteiger partial charge in [0.1, 0.15) is 34.6 Å². The molecule has 0 unspecified atom stereocenters. The van der Waals surface area contributed by atoms with Crippen LogP contribution in [0.1, 0.15) is 36.3 Å². The van der Waals surface area contributed by atoms with Crippen molar-refractivity contribution < 1.29 is 26.9 Å². The monoisotopic (exact) mass is 503 g/mol. The number of carbonyl (C=O) groups excluding carboxylic acids is 1. The molecule has 36 heavy (non-hydrogen) atoms. The van der Waals surface area contributed by atoms with E-state index in [0.717, 1.165) is 6.20 Å². The highest BCUT2D eigenvalue weighted by molar-refractivity contribution is 6.08. The van der Waals surface area contributed by atoms with Crippen LogP contribution in [0.15, 0.2) is 53.4 Å². The molecule has 4 rings (SSSR count). The van der Waals surface area contributed by atoms with E-state index in [-0.39, 0.29) is 42.4 Å². The van der Waals surface area contributed by atoms with Crippen LogP contribution < -0.4 is 16.4 Å². The van der Waals surface area contributed by atoms with Crippen molar-refractivity contribution in [3.05, 3.63) is 71.8 Å². The fraction of sp³-hybridized carbons (Fsp3) is 0.261. The summed E-state index contributed by atoms with van der Waals surface area (Å²) < 4.78 is 59.1. The number of aromatic nitrogens is 3. The second-order valence-electron chi connectivity index (χ2n) is 8.18. The molecule has 13 heteroatoms. The number of anilines is 2. The summed E-state index contributed by atoms with van der Waals surface area (Å²) in [6.07, 6.45) is -1.32. The van der Waals surface area contributed by atoms with E-state index in [1.807, 2.05) is 0 Å². The lowest BCUT2D eigenvalue weighted by atomic mass is 9.67. The van der Waals surface area contributed by atoms with Crippen LogP contribution in [-0.4, -0.2) is 32.9 Å². The average Bonchev–Trinajstić information content (AvgIpc) is 3.32. The molecule has 5 N–H and O–H groups in total. The highest BCUT2D eigenvalue weighted by atomic mass is 19.4. The molecule has 1 amide bonds. The molecule has 1 fully saturated rings. The quantitative estimate of drug-likeness (QED) is 0.268. The predicted molar refractivity (Wildman–Crippen MR) is 122 cm³/mol. The molecule has 0 saturated heterocycles. The van der Waals surface area contributed by atoms with Crippen LogP contribution in [-0.2, 0) is 11.3 Å². The fourth-order valence-electron chi connectivity index (χ4n) is 3.64. The second-order valence-corrected chi connectivity index (χ2v) is 8.18. The Morgan fingerprint density at radius 1 is 1.25 bits per heavy atom. The number of halogens is 4. The van der Waals surface area contributed by atoms with Crippen LogP contribution in [0.4, 0.5) is 29.1 Å². The Morgan fingerprint density at radius 2 is 2.00 bits per heavy atom. The lowest BCUT2D eigenvalue weighted by molar-refractivity contribution is -0.240. The Kier molecular flexibility index (Phi) is 6.73. The predicted octanol–water partition coefficient (Wildman–Crippen LogP) is 4.06. The summed E-state index contributed by atoms with van der Waals surface area (Å²) in [6, 6.07) is 7.68. The fourth-order valence-corrected chi connectivity index (χ4v) is 3.64. The van der Waals surface area contributed by atoms with Gasteiger partial charge in [-0.05, 0) is 25.0 Å². The Balaban J connectivity index is 1.52. The summed E-state index contributed by atoms with van der Waals surface area (Å²) in [5.41, 5.74) is 3.97. The van der Waals surface area contributed by atoms with Gasteiger partial charge in [-0.3, -0.25) is 10.2 Å². The molecule has 0 bridgehead atoms. The van der Waals surface area contributed by atoms with E-state index < -0.39 is 23.3 Å². The molecule has 188 valence electrons. The number of nitrogens with one attached hydrogen (secondary N) is 3. The van der Waals surface area contributed by atoms with Gasteiger partial charge in [-0.2, -0.15) is 13.2 Å². The summed E-state index contributed by atoms with van der Waals surface area (Å²) in [6.45, 7) is 0.0770. The van der Waals surface area contributed by atoms with Gasteiger partial charge < -0.3 is 20.9 Å². The molecule has 0 aliphatic heterocycles. The molecule has 1 aromatic carbocycles. The van der Waals surface area contributed by atoms with Crippen LogP contribution in [0, 0.1) is 16.6 Å². The number of carbonyl (C=O) groups is 1. The van der Waals surface area contributed by atoms with Crippen molar-refractivity contribution in [1.82, 2.24) is 20.4 Å². The van der Waals surface area contributed by atoms with Crippen molar-refractivity contribution in [2.75, 3.05) is 11.1 Å². The zero-order valence-electron chi connectivity index (χ0n) is 18.7. The molecular formula is C23H21F4N7O2. The van der Waals surface area contributed by atoms with Crippen molar-refractivity contribution >= 4 is 28.8 Å². The standard InChI is InChI=1S/C23H21F4N7O2/c24-14-5-2-1-4-13(14)11-30-17(16-6-9-36-34-16)10-15(28)20-31-12-18(19(29)33-20)32-21(35)22(7-3-8-22)23(25,26)27/h1-2,4-6,9-10,12,28,30H,3,7-8,11H2,(H,32,35)(H2,29,31,33)/b17-10-,28-15?. The van der Waals surface area contributed by atoms with Gasteiger partial charge in [0.2, 0.25) is 5.91 Å². The largest absolute Gasteiger partial charge is 0.403 e. The first kappa shape index (κ1) is 24.8. The summed E-state index contributed by atoms with van der Waals surface area (Å²) in [5, 5.41) is 17.3. The van der Waals surface area contributed by atoms with Gasteiger partial charge in [-0.15, -0.1) is 0 Å². The zero-order chi connectivity index (χ0) is 25.9. The summed E-state index contributed by atoms with van der Waals surface area (Å²) >= 11 is 0. The van der Waals surface area contributed by atoms with Gasteiger partial charge >= 0.3 is 6.18 Å². The van der Waals surface area contributed by atoms with E-state index in [1.165, 1.54) is 24.5 Å². The maximum Gasteiger partial charge on any atom is 0.403 e. The van der Waals surface area contributed by atoms with Crippen LogP contribution >= 0.6 is 0 Å². The molecule has 0 atom stereocenters. The third-order valence-electron chi connectivity index (χ3n) is 5.92. The van der Waals surface area contributed by atoms with Crippen LogP contribution in [0.3, 0.4) is 0 Å². The van der Waals surface area contributed by atoms with Crippen molar-refractivity contribution in [3.63, 3.8) is 0 Å². The van der Waals surface area contributed by atoms with E-state index >= 15 is 0 Å². The number of nitrogen functional groups attached to an aromatic ring is 1. The Bertz CT molecular complexity index is 1300. The maximum atomic E-state index is 14.0. The third kappa shape index (κ3) is 4.90. The minimum Gasteiger partial charge on any atom is -0.382 e. The van der Waals surface area contributed by atoms with Gasteiger partial charge in [0.25, 0.3) is 0 Å². The SMILES string of the molecule is N=C(/C=C(\NCc1ccccc1F)c1ccon1)c1ncc(NC(=O)C2(C(F)(F)F)CCC2)c(N)n1.